The number of carbonyl (C=O) groups excluding carboxylic acids is 1. The van der Waals surface area contributed by atoms with Gasteiger partial charge in [0.25, 0.3) is 5.91 Å². The highest BCUT2D eigenvalue weighted by molar-refractivity contribution is 6.30. The second kappa shape index (κ2) is 5.89. The van der Waals surface area contributed by atoms with Crippen LogP contribution in [0.3, 0.4) is 0 Å². The van der Waals surface area contributed by atoms with Crippen LogP contribution >= 0.6 is 11.6 Å². The number of benzene rings is 1. The number of amides is 1. The number of hydrogen-bond acceptors (Lipinski definition) is 2. The molecule has 2 rings (SSSR count). The van der Waals surface area contributed by atoms with Crippen LogP contribution in [0.4, 0.5) is 0 Å². The minimum atomic E-state index is -0.110. The van der Waals surface area contributed by atoms with E-state index < -0.39 is 0 Å². The average Bonchev–Trinajstić information content (AvgIpc) is 2.70. The first kappa shape index (κ1) is 13.6. The summed E-state index contributed by atoms with van der Waals surface area (Å²) in [5.41, 5.74) is 3.77. The Balaban J connectivity index is 1.91. The van der Waals surface area contributed by atoms with Crippen LogP contribution in [-0.4, -0.2) is 22.6 Å². The number of nitrogens with one attached hydrogen (secondary N) is 2. The van der Waals surface area contributed by atoms with Crippen LogP contribution in [0.2, 0.25) is 5.02 Å². The smallest absolute Gasteiger partial charge is 0.251 e. The summed E-state index contributed by atoms with van der Waals surface area (Å²) in [7, 11) is 0. The summed E-state index contributed by atoms with van der Waals surface area (Å²) in [6.07, 6.45) is 0.764. The zero-order valence-electron chi connectivity index (χ0n) is 11.0. The molecule has 1 amide bonds. The van der Waals surface area contributed by atoms with Gasteiger partial charge in [0.1, 0.15) is 0 Å². The minimum Gasteiger partial charge on any atom is -0.352 e. The van der Waals surface area contributed by atoms with Gasteiger partial charge in [-0.15, -0.1) is 0 Å². The Hall–Kier alpha value is -1.81. The number of carbonyl (C=O) groups is 1. The number of aromatic amines is 1. The van der Waals surface area contributed by atoms with Gasteiger partial charge in [0, 0.05) is 22.8 Å². The van der Waals surface area contributed by atoms with Crippen molar-refractivity contribution in [3.05, 3.63) is 51.8 Å². The first-order valence-electron chi connectivity index (χ1n) is 6.12. The van der Waals surface area contributed by atoms with Crippen molar-refractivity contribution in [1.82, 2.24) is 15.5 Å². The van der Waals surface area contributed by atoms with Gasteiger partial charge in [0.2, 0.25) is 0 Å². The van der Waals surface area contributed by atoms with Crippen LogP contribution < -0.4 is 5.32 Å². The first-order chi connectivity index (χ1) is 9.08. The number of aromatic nitrogens is 2. The van der Waals surface area contributed by atoms with Crippen molar-refractivity contribution < 1.29 is 4.79 Å². The summed E-state index contributed by atoms with van der Waals surface area (Å²) in [5.74, 6) is -0.110. The van der Waals surface area contributed by atoms with Gasteiger partial charge in [-0.05, 0) is 44.0 Å². The molecule has 0 fully saturated rings. The fraction of sp³-hybridized carbons (Fsp3) is 0.286. The van der Waals surface area contributed by atoms with Crippen molar-refractivity contribution in [3.8, 4) is 0 Å². The van der Waals surface area contributed by atoms with E-state index in [1.807, 2.05) is 13.8 Å². The number of aryl methyl sites for hydroxylation is 2. The molecule has 0 unspecified atom stereocenters. The van der Waals surface area contributed by atoms with E-state index in [2.05, 4.69) is 15.5 Å². The van der Waals surface area contributed by atoms with Gasteiger partial charge in [0.15, 0.2) is 0 Å². The Morgan fingerprint density at radius 3 is 2.84 bits per heavy atom. The molecule has 0 radical (unpaired) electrons. The largest absolute Gasteiger partial charge is 0.352 e. The Morgan fingerprint density at radius 1 is 1.42 bits per heavy atom. The van der Waals surface area contributed by atoms with Crippen LogP contribution in [0.5, 0.6) is 0 Å². The van der Waals surface area contributed by atoms with Crippen molar-refractivity contribution in [3.63, 3.8) is 0 Å². The third-order valence-electron chi connectivity index (χ3n) is 3.03. The highest BCUT2D eigenvalue weighted by Crippen LogP contribution is 2.11. The molecule has 1 heterocycles. The molecule has 5 heteroatoms. The van der Waals surface area contributed by atoms with Gasteiger partial charge in [-0.3, -0.25) is 9.89 Å². The van der Waals surface area contributed by atoms with E-state index in [1.165, 1.54) is 0 Å². The summed E-state index contributed by atoms with van der Waals surface area (Å²) in [5, 5.41) is 10.5. The summed E-state index contributed by atoms with van der Waals surface area (Å²) >= 11 is 5.85. The molecule has 0 atom stereocenters. The molecular formula is C14H16ClN3O. The molecule has 0 spiro atoms. The molecule has 19 heavy (non-hydrogen) atoms. The maximum Gasteiger partial charge on any atom is 0.251 e. The normalized spacial score (nSPS) is 10.5. The number of halogens is 1. The lowest BCUT2D eigenvalue weighted by molar-refractivity contribution is 0.0954. The van der Waals surface area contributed by atoms with Gasteiger partial charge in [-0.25, -0.2) is 0 Å². The number of rotatable bonds is 4. The van der Waals surface area contributed by atoms with Crippen molar-refractivity contribution >= 4 is 17.5 Å². The highest BCUT2D eigenvalue weighted by atomic mass is 35.5. The third-order valence-corrected chi connectivity index (χ3v) is 3.26. The molecule has 0 aliphatic heterocycles. The predicted octanol–water partition coefficient (Wildman–Crippen LogP) is 2.65. The Bertz CT molecular complexity index is 573. The zero-order chi connectivity index (χ0) is 13.8. The van der Waals surface area contributed by atoms with Crippen molar-refractivity contribution in [2.45, 2.75) is 20.3 Å². The molecule has 1 aromatic carbocycles. The molecule has 1 aromatic heterocycles. The molecule has 2 aromatic rings. The van der Waals surface area contributed by atoms with Gasteiger partial charge >= 0.3 is 0 Å². The zero-order valence-corrected chi connectivity index (χ0v) is 11.7. The summed E-state index contributed by atoms with van der Waals surface area (Å²) in [4.78, 5) is 11.9. The van der Waals surface area contributed by atoms with E-state index in [9.17, 15) is 4.79 Å². The molecule has 0 aliphatic carbocycles. The van der Waals surface area contributed by atoms with Crippen molar-refractivity contribution in [2.24, 2.45) is 0 Å². The minimum absolute atomic E-state index is 0.110. The van der Waals surface area contributed by atoms with Crippen LogP contribution in [0.1, 0.15) is 27.3 Å². The maximum atomic E-state index is 11.9. The van der Waals surface area contributed by atoms with Crippen molar-refractivity contribution in [1.29, 1.82) is 0 Å². The summed E-state index contributed by atoms with van der Waals surface area (Å²) < 4.78 is 0. The van der Waals surface area contributed by atoms with Crippen LogP contribution in [0.15, 0.2) is 24.3 Å². The van der Waals surface area contributed by atoms with Crippen LogP contribution in [-0.2, 0) is 6.42 Å². The average molecular weight is 278 g/mol. The number of nitrogens with zero attached hydrogens (tertiary/aromatic N) is 1. The molecule has 100 valence electrons. The van der Waals surface area contributed by atoms with Crippen molar-refractivity contribution in [2.75, 3.05) is 6.54 Å². The monoisotopic (exact) mass is 277 g/mol. The Morgan fingerprint density at radius 2 is 2.21 bits per heavy atom. The molecular weight excluding hydrogens is 262 g/mol. The number of H-pyrrole nitrogens is 1. The third kappa shape index (κ3) is 3.35. The molecule has 0 bridgehead atoms. The van der Waals surface area contributed by atoms with Gasteiger partial charge in [-0.2, -0.15) is 5.10 Å². The number of hydrogen-bond donors (Lipinski definition) is 2. The molecule has 0 saturated carbocycles. The quantitative estimate of drug-likeness (QED) is 0.903. The lowest BCUT2D eigenvalue weighted by atomic mass is 10.1. The summed E-state index contributed by atoms with van der Waals surface area (Å²) in [6.45, 7) is 4.51. The van der Waals surface area contributed by atoms with E-state index in [-0.39, 0.29) is 5.91 Å². The van der Waals surface area contributed by atoms with E-state index in [0.29, 0.717) is 17.1 Å². The summed E-state index contributed by atoms with van der Waals surface area (Å²) in [6, 6.07) is 6.92. The second-order valence-electron chi connectivity index (χ2n) is 4.43. The lowest BCUT2D eigenvalue weighted by Crippen LogP contribution is -2.25. The van der Waals surface area contributed by atoms with Gasteiger partial charge < -0.3 is 5.32 Å². The fourth-order valence-electron chi connectivity index (χ4n) is 1.98. The molecule has 0 saturated heterocycles. The molecule has 2 N–H and O–H groups in total. The Labute approximate surface area is 117 Å². The highest BCUT2D eigenvalue weighted by Gasteiger charge is 2.08. The van der Waals surface area contributed by atoms with E-state index >= 15 is 0 Å². The van der Waals surface area contributed by atoms with Crippen LogP contribution in [0, 0.1) is 13.8 Å². The standard InChI is InChI=1S/C14H16ClN3O/c1-9-13(10(2)18-17-9)6-7-16-14(19)11-4-3-5-12(15)8-11/h3-5,8H,6-7H2,1-2H3,(H,16,19)(H,17,18). The topological polar surface area (TPSA) is 57.8 Å². The van der Waals surface area contributed by atoms with E-state index in [1.54, 1.807) is 24.3 Å². The Kier molecular flexibility index (Phi) is 4.22. The first-order valence-corrected chi connectivity index (χ1v) is 6.50. The van der Waals surface area contributed by atoms with Crippen LogP contribution in [0.25, 0.3) is 0 Å². The van der Waals surface area contributed by atoms with Gasteiger partial charge in [0.05, 0.1) is 5.69 Å². The van der Waals surface area contributed by atoms with E-state index in [0.717, 1.165) is 23.4 Å². The second-order valence-corrected chi connectivity index (χ2v) is 4.87. The molecule has 0 aliphatic rings. The van der Waals surface area contributed by atoms with E-state index in [4.69, 9.17) is 11.6 Å². The predicted molar refractivity (Wildman–Crippen MR) is 75.6 cm³/mol. The lowest BCUT2D eigenvalue weighted by Gasteiger charge is -2.06. The SMILES string of the molecule is Cc1n[nH]c(C)c1CCNC(=O)c1cccc(Cl)c1. The molecule has 4 nitrogen and oxygen atoms in total. The fourth-order valence-corrected chi connectivity index (χ4v) is 2.17. The van der Waals surface area contributed by atoms with Gasteiger partial charge in [-0.1, -0.05) is 17.7 Å². The maximum absolute atomic E-state index is 11.9.